The van der Waals surface area contributed by atoms with Crippen molar-refractivity contribution in [1.82, 2.24) is 0 Å². The zero-order valence-corrected chi connectivity index (χ0v) is 13.6. The van der Waals surface area contributed by atoms with Gasteiger partial charge in [0.15, 0.2) is 9.04 Å². The molecule has 2 heteroatoms. The van der Waals surface area contributed by atoms with Crippen molar-refractivity contribution >= 4 is 9.04 Å². The summed E-state index contributed by atoms with van der Waals surface area (Å²) in [5.41, 5.74) is 0. The quantitative estimate of drug-likeness (QED) is 0.322. The van der Waals surface area contributed by atoms with Gasteiger partial charge in [0, 0.05) is 6.61 Å². The molecule has 0 heterocycles. The molecule has 0 aliphatic carbocycles. The molecule has 0 N–H and O–H groups in total. The molecule has 1 atom stereocenters. The molecule has 0 aromatic rings. The molecule has 1 nitrogen and oxygen atoms in total. The fourth-order valence-corrected chi connectivity index (χ4v) is 3.89. The molecule has 0 aliphatic rings. The van der Waals surface area contributed by atoms with E-state index in [9.17, 15) is 0 Å². The summed E-state index contributed by atoms with van der Waals surface area (Å²) in [5.74, 6) is 0. The zero-order valence-electron chi connectivity index (χ0n) is 12.5. The Morgan fingerprint density at radius 3 is 1.65 bits per heavy atom. The Morgan fingerprint density at radius 2 is 1.18 bits per heavy atom. The number of hydrogen-bond acceptors (Lipinski definition) is 1. The monoisotopic (exact) mass is 258 g/mol. The van der Waals surface area contributed by atoms with Crippen LogP contribution in [0.1, 0.15) is 78.1 Å². The Bertz CT molecular complexity index is 139. The maximum absolute atomic E-state index is 5.66. The van der Waals surface area contributed by atoms with Crippen molar-refractivity contribution in [2.75, 3.05) is 6.61 Å². The van der Waals surface area contributed by atoms with Gasteiger partial charge in [-0.25, -0.2) is 0 Å². The van der Waals surface area contributed by atoms with Crippen LogP contribution in [-0.4, -0.2) is 15.6 Å². The van der Waals surface area contributed by atoms with E-state index in [0.29, 0.717) is 0 Å². The fourth-order valence-electron chi connectivity index (χ4n) is 2.29. The summed E-state index contributed by atoms with van der Waals surface area (Å²) in [4.78, 5) is 0. The first-order chi connectivity index (χ1) is 8.31. The first-order valence-electron chi connectivity index (χ1n) is 7.92. The summed E-state index contributed by atoms with van der Waals surface area (Å²) < 4.78 is 5.66. The summed E-state index contributed by atoms with van der Waals surface area (Å²) in [5, 5.41) is 0. The minimum Gasteiger partial charge on any atom is -0.421 e. The molecule has 0 fully saturated rings. The zero-order chi connectivity index (χ0) is 12.8. The van der Waals surface area contributed by atoms with Gasteiger partial charge in [-0.05, 0) is 19.5 Å². The molecule has 0 bridgehead atoms. The van der Waals surface area contributed by atoms with Gasteiger partial charge in [0.1, 0.15) is 0 Å². The van der Waals surface area contributed by atoms with Crippen LogP contribution in [0.4, 0.5) is 0 Å². The van der Waals surface area contributed by atoms with Crippen LogP contribution >= 0.6 is 0 Å². The van der Waals surface area contributed by atoms with Gasteiger partial charge in [-0.15, -0.1) is 0 Å². The highest BCUT2D eigenvalue weighted by Crippen LogP contribution is 2.12. The number of rotatable bonds is 13. The van der Waals surface area contributed by atoms with E-state index in [4.69, 9.17) is 4.43 Å². The molecule has 0 aliphatic heterocycles. The highest BCUT2D eigenvalue weighted by Gasteiger charge is 2.02. The van der Waals surface area contributed by atoms with E-state index >= 15 is 0 Å². The molecule has 0 radical (unpaired) electrons. The third-order valence-electron chi connectivity index (χ3n) is 3.42. The summed E-state index contributed by atoms with van der Waals surface area (Å²) in [7, 11) is -0.780. The van der Waals surface area contributed by atoms with Crippen molar-refractivity contribution in [3.63, 3.8) is 0 Å². The summed E-state index contributed by atoms with van der Waals surface area (Å²) in [6.07, 6.45) is 14.4. The van der Waals surface area contributed by atoms with Gasteiger partial charge >= 0.3 is 0 Å². The third-order valence-corrected chi connectivity index (χ3v) is 5.54. The first-order valence-corrected chi connectivity index (χ1v) is 10.4. The maximum Gasteiger partial charge on any atom is 0.173 e. The predicted octanol–water partition coefficient (Wildman–Crippen LogP) is 5.30. The molecule has 0 amide bonds. The molecule has 104 valence electrons. The van der Waals surface area contributed by atoms with Gasteiger partial charge in [0.2, 0.25) is 0 Å². The van der Waals surface area contributed by atoms with Gasteiger partial charge in [-0.3, -0.25) is 0 Å². The van der Waals surface area contributed by atoms with Gasteiger partial charge in [-0.1, -0.05) is 71.1 Å². The topological polar surface area (TPSA) is 9.23 Å². The van der Waals surface area contributed by atoms with E-state index in [0.717, 1.165) is 6.61 Å². The van der Waals surface area contributed by atoms with Crippen LogP contribution in [-0.2, 0) is 4.43 Å². The van der Waals surface area contributed by atoms with Gasteiger partial charge in [-0.2, -0.15) is 0 Å². The lowest BCUT2D eigenvalue weighted by molar-refractivity contribution is 0.344. The smallest absolute Gasteiger partial charge is 0.173 e. The van der Waals surface area contributed by atoms with Crippen molar-refractivity contribution in [2.24, 2.45) is 0 Å². The molecule has 0 rings (SSSR count). The molecule has 0 spiro atoms. The van der Waals surface area contributed by atoms with Crippen molar-refractivity contribution in [3.8, 4) is 0 Å². The Morgan fingerprint density at radius 1 is 0.706 bits per heavy atom. The van der Waals surface area contributed by atoms with E-state index in [1.807, 2.05) is 0 Å². The maximum atomic E-state index is 5.66. The Balaban J connectivity index is 2.98. The lowest BCUT2D eigenvalue weighted by Crippen LogP contribution is -2.12. The molecular weight excluding hydrogens is 224 g/mol. The minimum atomic E-state index is -0.780. The Hall–Kier alpha value is 0.177. The van der Waals surface area contributed by atoms with Gasteiger partial charge < -0.3 is 4.43 Å². The standard InChI is InChI=1S/C15H34OSi/c1-4-6-7-8-9-10-11-12-13-14-15-17(3)16-5-2/h17H,4-15H2,1-3H3. The van der Waals surface area contributed by atoms with Crippen molar-refractivity contribution in [1.29, 1.82) is 0 Å². The molecular formula is C15H34OSi. The average Bonchev–Trinajstić information content (AvgIpc) is 2.32. The summed E-state index contributed by atoms with van der Waals surface area (Å²) in [6, 6.07) is 1.38. The van der Waals surface area contributed by atoms with Crippen LogP contribution in [0.25, 0.3) is 0 Å². The first kappa shape index (κ1) is 17.2. The highest BCUT2D eigenvalue weighted by molar-refractivity contribution is 6.50. The van der Waals surface area contributed by atoms with Crippen LogP contribution < -0.4 is 0 Å². The van der Waals surface area contributed by atoms with Crippen LogP contribution in [0.3, 0.4) is 0 Å². The molecule has 0 aromatic heterocycles. The molecule has 0 saturated carbocycles. The Kier molecular flexibility index (Phi) is 14.4. The summed E-state index contributed by atoms with van der Waals surface area (Å²) >= 11 is 0. The lowest BCUT2D eigenvalue weighted by atomic mass is 10.1. The van der Waals surface area contributed by atoms with E-state index in [1.54, 1.807) is 0 Å². The van der Waals surface area contributed by atoms with E-state index in [1.165, 1.54) is 70.3 Å². The molecule has 1 unspecified atom stereocenters. The minimum absolute atomic E-state index is 0.780. The number of hydrogen-bond donors (Lipinski definition) is 0. The van der Waals surface area contributed by atoms with E-state index in [-0.39, 0.29) is 0 Å². The van der Waals surface area contributed by atoms with Crippen LogP contribution in [0.5, 0.6) is 0 Å². The molecule has 17 heavy (non-hydrogen) atoms. The predicted molar refractivity (Wildman–Crippen MR) is 81.3 cm³/mol. The second kappa shape index (κ2) is 14.2. The average molecular weight is 259 g/mol. The third kappa shape index (κ3) is 14.1. The largest absolute Gasteiger partial charge is 0.421 e. The number of unbranched alkanes of at least 4 members (excludes halogenated alkanes) is 9. The van der Waals surface area contributed by atoms with Gasteiger partial charge in [0.25, 0.3) is 0 Å². The lowest BCUT2D eigenvalue weighted by Gasteiger charge is -2.09. The van der Waals surface area contributed by atoms with E-state index < -0.39 is 9.04 Å². The SMILES string of the molecule is CCCCCCCCCCCC[SiH](C)OCC. The molecule has 0 saturated heterocycles. The highest BCUT2D eigenvalue weighted by atomic mass is 28.3. The van der Waals surface area contributed by atoms with E-state index in [2.05, 4.69) is 20.4 Å². The van der Waals surface area contributed by atoms with Crippen molar-refractivity contribution in [3.05, 3.63) is 0 Å². The van der Waals surface area contributed by atoms with Gasteiger partial charge in [0.05, 0.1) is 0 Å². The van der Waals surface area contributed by atoms with Crippen LogP contribution in [0.15, 0.2) is 0 Å². The second-order valence-electron chi connectivity index (χ2n) is 5.24. The second-order valence-corrected chi connectivity index (χ2v) is 7.77. The van der Waals surface area contributed by atoms with Crippen molar-refractivity contribution in [2.45, 2.75) is 90.6 Å². The fraction of sp³-hybridized carbons (Fsp3) is 1.00. The normalized spacial score (nSPS) is 12.9. The Labute approximate surface area is 111 Å². The van der Waals surface area contributed by atoms with Crippen LogP contribution in [0.2, 0.25) is 12.6 Å². The summed E-state index contributed by atoms with van der Waals surface area (Å²) in [6.45, 7) is 7.65. The van der Waals surface area contributed by atoms with Crippen molar-refractivity contribution < 1.29 is 4.43 Å². The molecule has 0 aromatic carbocycles. The van der Waals surface area contributed by atoms with Crippen LogP contribution in [0, 0.1) is 0 Å².